The van der Waals surface area contributed by atoms with E-state index in [1.165, 1.54) is 11.3 Å². The third kappa shape index (κ3) is 16.8. The van der Waals surface area contributed by atoms with Crippen LogP contribution in [0.5, 0.6) is 5.75 Å². The van der Waals surface area contributed by atoms with Crippen LogP contribution in [-0.2, 0) is 25.5 Å². The van der Waals surface area contributed by atoms with E-state index < -0.39 is 12.0 Å². The van der Waals surface area contributed by atoms with Crippen molar-refractivity contribution in [3.8, 4) is 5.75 Å². The van der Waals surface area contributed by atoms with Crippen LogP contribution in [0.25, 0.3) is 0 Å². The molecule has 0 bridgehead atoms. The van der Waals surface area contributed by atoms with Crippen molar-refractivity contribution in [2.45, 2.75) is 155 Å². The van der Waals surface area contributed by atoms with Gasteiger partial charge in [-0.1, -0.05) is 90.3 Å². The fourth-order valence-corrected chi connectivity index (χ4v) is 11.4. The van der Waals surface area contributed by atoms with Gasteiger partial charge in [0.1, 0.15) is 33.4 Å². The van der Waals surface area contributed by atoms with Gasteiger partial charge in [-0.25, -0.2) is 9.97 Å². The minimum atomic E-state index is -0.448. The Balaban J connectivity index is 1.49. The summed E-state index contributed by atoms with van der Waals surface area (Å²) < 4.78 is 6.52. The van der Waals surface area contributed by atoms with Gasteiger partial charge in [0.2, 0.25) is 5.91 Å². The lowest BCUT2D eigenvalue weighted by atomic mass is 9.82. The van der Waals surface area contributed by atoms with E-state index in [2.05, 4.69) is 56.7 Å². The van der Waals surface area contributed by atoms with Crippen LogP contribution >= 0.6 is 32.9 Å². The van der Waals surface area contributed by atoms with E-state index in [-0.39, 0.29) is 77.1 Å². The quantitative estimate of drug-likeness (QED) is 0.0507. The number of rotatable bonds is 29. The van der Waals surface area contributed by atoms with Gasteiger partial charge in [-0.2, -0.15) is 0 Å². The van der Waals surface area contributed by atoms with Crippen molar-refractivity contribution in [2.24, 2.45) is 23.7 Å². The molecule has 1 aromatic carbocycles. The molecule has 11 nitrogen and oxygen atoms in total. The number of hydrogen-bond acceptors (Lipinski definition) is 12. The van der Waals surface area contributed by atoms with Gasteiger partial charge in [-0.05, 0) is 111 Å². The van der Waals surface area contributed by atoms with E-state index in [0.717, 1.165) is 67.8 Å². The smallest absolute Gasteiger partial charge is 0.270 e. The summed E-state index contributed by atoms with van der Waals surface area (Å²) in [6.45, 7) is 16.5. The molecule has 4 rings (SSSR count). The standard InChI is InChI=1S/C50H75N5O6S3/c1-9-25-55(50(60)40(35(6)11-3)31-45(58)42-17-13-15-26-54(42)8)43(34(4)5)32-46(61-27-10-2)49-53-41(33-62-49)48(59)52-38(30-37-20-22-39(56)23-21-37)29-36(7)44(57)18-16-28-63-64-47-19-12-14-24-51-47/h12,14,19-24,33-36,38,40,42-43,46,56H,9-11,13,15-18,25-32H2,1-8H3,(H,52,59)/t35-,36-,38+,40-,42+,43+,46+/m0/s1. The van der Waals surface area contributed by atoms with Gasteiger partial charge in [0.05, 0.1) is 6.04 Å². The number of phenols is 1. The molecule has 3 heterocycles. The zero-order valence-corrected chi connectivity index (χ0v) is 42.1. The summed E-state index contributed by atoms with van der Waals surface area (Å²) in [5.74, 6) is 0.507. The highest BCUT2D eigenvalue weighted by atomic mass is 33.1. The number of ether oxygens (including phenoxy) is 1. The molecule has 1 saturated heterocycles. The number of aromatic nitrogens is 2. The lowest BCUT2D eigenvalue weighted by Crippen LogP contribution is -2.50. The Hall–Kier alpha value is -3.30. The largest absolute Gasteiger partial charge is 0.508 e. The average Bonchev–Trinajstić information content (AvgIpc) is 3.79. The molecule has 0 saturated carbocycles. The number of nitrogens with zero attached hydrogens (tertiary/aromatic N) is 4. The minimum Gasteiger partial charge on any atom is -0.508 e. The number of amides is 2. The highest BCUT2D eigenvalue weighted by Crippen LogP contribution is 2.34. The van der Waals surface area contributed by atoms with E-state index in [0.29, 0.717) is 43.8 Å². The summed E-state index contributed by atoms with van der Waals surface area (Å²) in [5.41, 5.74) is 1.22. The number of piperidine rings is 1. The summed E-state index contributed by atoms with van der Waals surface area (Å²) in [6, 6.07) is 12.1. The predicted molar refractivity (Wildman–Crippen MR) is 263 cm³/mol. The van der Waals surface area contributed by atoms with E-state index in [1.54, 1.807) is 45.3 Å². The number of ketones is 2. The van der Waals surface area contributed by atoms with Crippen LogP contribution in [0.15, 0.2) is 59.1 Å². The Morgan fingerprint density at radius 1 is 1.02 bits per heavy atom. The Morgan fingerprint density at radius 2 is 1.78 bits per heavy atom. The number of Topliss-reactive ketones (excluding diaryl/α,β-unsaturated/α-hetero) is 2. The molecule has 64 heavy (non-hydrogen) atoms. The number of phenolic OH excluding ortho intramolecular Hbond substituents is 1. The average molecular weight is 938 g/mol. The van der Waals surface area contributed by atoms with Crippen molar-refractivity contribution in [3.63, 3.8) is 0 Å². The summed E-state index contributed by atoms with van der Waals surface area (Å²) >= 11 is 1.39. The summed E-state index contributed by atoms with van der Waals surface area (Å²) in [6.07, 6.45) is 9.60. The SMILES string of the molecule is CCCO[C@H](C[C@H](C(C)C)N(CCC)C(=O)[C@@H](CC(=O)[C@H]1CCCCN1C)[C@@H](C)CC)c1nc(C(=O)N[C@@H](Cc2ccc(O)cc2)C[C@H](C)C(=O)CCCSSc2ccccn2)cs1. The molecule has 3 aromatic rings. The second-order valence-corrected chi connectivity index (χ2v) is 21.3. The number of thiazole rings is 1. The molecule has 0 radical (unpaired) electrons. The minimum absolute atomic E-state index is 0.0426. The second kappa shape index (κ2) is 28.0. The van der Waals surface area contributed by atoms with Crippen LogP contribution in [0.2, 0.25) is 0 Å². The normalized spacial score (nSPS) is 17.3. The topological polar surface area (TPSA) is 142 Å². The fraction of sp³-hybridized carbons (Fsp3) is 0.640. The van der Waals surface area contributed by atoms with Crippen LogP contribution in [0.4, 0.5) is 0 Å². The number of nitrogens with one attached hydrogen (secondary N) is 1. The van der Waals surface area contributed by atoms with Crippen molar-refractivity contribution in [1.82, 2.24) is 25.1 Å². The van der Waals surface area contributed by atoms with Gasteiger partial charge in [-0.3, -0.25) is 24.1 Å². The third-order valence-electron chi connectivity index (χ3n) is 12.5. The molecule has 1 aliphatic rings. The van der Waals surface area contributed by atoms with Crippen molar-refractivity contribution < 1.29 is 29.0 Å². The third-order valence-corrected chi connectivity index (χ3v) is 15.8. The van der Waals surface area contributed by atoms with E-state index in [1.807, 2.05) is 49.2 Å². The molecule has 2 N–H and O–H groups in total. The number of benzene rings is 1. The van der Waals surface area contributed by atoms with Crippen LogP contribution in [0.3, 0.4) is 0 Å². The molecule has 0 spiro atoms. The number of carbonyl (C=O) groups excluding carboxylic acids is 4. The molecular weight excluding hydrogens is 863 g/mol. The molecule has 1 fully saturated rings. The molecule has 14 heteroatoms. The van der Waals surface area contributed by atoms with Gasteiger partial charge < -0.3 is 20.1 Å². The number of likely N-dealkylation sites (N-methyl/N-ethyl adjacent to an activating group) is 1. The molecule has 0 unspecified atom stereocenters. The van der Waals surface area contributed by atoms with Crippen molar-refractivity contribution in [1.29, 1.82) is 0 Å². The molecule has 1 aliphatic heterocycles. The highest BCUT2D eigenvalue weighted by Gasteiger charge is 2.38. The Labute approximate surface area is 395 Å². The van der Waals surface area contributed by atoms with Gasteiger partial charge in [0, 0.05) is 73.7 Å². The maximum absolute atomic E-state index is 14.8. The van der Waals surface area contributed by atoms with Crippen molar-refractivity contribution >= 4 is 56.3 Å². The van der Waals surface area contributed by atoms with Crippen molar-refractivity contribution in [3.05, 3.63) is 70.3 Å². The molecular formula is C50H75N5O6S3. The first kappa shape index (κ1) is 53.3. The van der Waals surface area contributed by atoms with Gasteiger partial charge in [-0.15, -0.1) is 11.3 Å². The molecule has 354 valence electrons. The zero-order chi connectivity index (χ0) is 46.6. The first-order chi connectivity index (χ1) is 30.8. The maximum Gasteiger partial charge on any atom is 0.270 e. The Morgan fingerprint density at radius 3 is 2.44 bits per heavy atom. The van der Waals surface area contributed by atoms with Gasteiger partial charge in [0.15, 0.2) is 5.78 Å². The lowest BCUT2D eigenvalue weighted by Gasteiger charge is -2.40. The molecule has 2 aromatic heterocycles. The first-order valence-corrected chi connectivity index (χ1v) is 26.9. The lowest BCUT2D eigenvalue weighted by molar-refractivity contribution is -0.145. The number of hydrogen-bond donors (Lipinski definition) is 2. The Bertz CT molecular complexity index is 1860. The van der Waals surface area contributed by atoms with E-state index in [4.69, 9.17) is 9.72 Å². The van der Waals surface area contributed by atoms with Crippen LogP contribution in [0.1, 0.15) is 146 Å². The van der Waals surface area contributed by atoms with E-state index >= 15 is 0 Å². The highest BCUT2D eigenvalue weighted by molar-refractivity contribution is 8.76. The van der Waals surface area contributed by atoms with E-state index in [9.17, 15) is 24.3 Å². The van der Waals surface area contributed by atoms with Crippen LogP contribution in [-0.4, -0.2) is 98.9 Å². The second-order valence-electron chi connectivity index (χ2n) is 18.0. The number of likely N-dealkylation sites (tertiary alicyclic amines) is 1. The Kier molecular flexibility index (Phi) is 23.3. The zero-order valence-electron chi connectivity index (χ0n) is 39.6. The van der Waals surface area contributed by atoms with Gasteiger partial charge >= 0.3 is 0 Å². The van der Waals surface area contributed by atoms with Crippen molar-refractivity contribution in [2.75, 3.05) is 32.5 Å². The summed E-state index contributed by atoms with van der Waals surface area (Å²) in [4.78, 5) is 69.5. The monoisotopic (exact) mass is 937 g/mol. The van der Waals surface area contributed by atoms with Crippen LogP contribution < -0.4 is 5.32 Å². The summed E-state index contributed by atoms with van der Waals surface area (Å²) in [7, 11) is 5.32. The number of aromatic hydroxyl groups is 1. The predicted octanol–water partition coefficient (Wildman–Crippen LogP) is 10.6. The number of carbonyl (C=O) groups is 4. The van der Waals surface area contributed by atoms with Gasteiger partial charge in [0.25, 0.3) is 5.91 Å². The summed E-state index contributed by atoms with van der Waals surface area (Å²) in [5, 5.41) is 16.5. The van der Waals surface area contributed by atoms with Crippen LogP contribution in [0, 0.1) is 23.7 Å². The molecule has 0 aliphatic carbocycles. The fourth-order valence-electron chi connectivity index (χ4n) is 8.54. The molecule has 2 amide bonds. The first-order valence-electron chi connectivity index (χ1n) is 23.7. The molecule has 7 atom stereocenters. The maximum atomic E-state index is 14.8. The number of pyridine rings is 1.